The molecule has 1 heterocycles. The van der Waals surface area contributed by atoms with E-state index in [0.717, 1.165) is 16.3 Å². The number of aryl methyl sites for hydroxylation is 2. The van der Waals surface area contributed by atoms with E-state index in [9.17, 15) is 9.59 Å². The summed E-state index contributed by atoms with van der Waals surface area (Å²) in [7, 11) is 0. The van der Waals surface area contributed by atoms with Crippen LogP contribution in [0.2, 0.25) is 0 Å². The molecule has 3 rings (SSSR count). The molecule has 0 saturated carbocycles. The fourth-order valence-electron chi connectivity index (χ4n) is 2.89. The Morgan fingerprint density at radius 1 is 1.06 bits per heavy atom. The highest BCUT2D eigenvalue weighted by molar-refractivity contribution is 7.13. The zero-order valence-corrected chi connectivity index (χ0v) is 18.5. The van der Waals surface area contributed by atoms with Gasteiger partial charge in [-0.1, -0.05) is 30.3 Å². The summed E-state index contributed by atoms with van der Waals surface area (Å²) in [5.74, 6) is 0.620. The standard InChI is InChI=1S/C24H24N2O4S/c1-4-29-22-14-18(10-12-20(27)24-16(2)25-17(3)31-24)11-13-21(22)30-15-23(28)26-19-8-6-5-7-9-19/h5-14H,4,15H2,1-3H3,(H,26,28). The molecule has 0 radical (unpaired) electrons. The highest BCUT2D eigenvalue weighted by Gasteiger charge is 2.12. The molecule has 0 unspecified atom stereocenters. The van der Waals surface area contributed by atoms with E-state index in [-0.39, 0.29) is 18.3 Å². The molecule has 2 aromatic carbocycles. The Hall–Kier alpha value is -3.45. The zero-order valence-electron chi connectivity index (χ0n) is 17.7. The topological polar surface area (TPSA) is 77.5 Å². The van der Waals surface area contributed by atoms with Crippen molar-refractivity contribution < 1.29 is 19.1 Å². The van der Waals surface area contributed by atoms with Crippen molar-refractivity contribution >= 4 is 34.8 Å². The Kier molecular flexibility index (Phi) is 7.56. The number of allylic oxidation sites excluding steroid dienone is 1. The number of thiazole rings is 1. The number of rotatable bonds is 9. The molecular formula is C24H24N2O4S. The first-order valence-corrected chi connectivity index (χ1v) is 10.7. The molecule has 1 aromatic heterocycles. The average Bonchev–Trinajstić information content (AvgIpc) is 3.10. The van der Waals surface area contributed by atoms with Crippen LogP contribution in [-0.2, 0) is 4.79 Å². The monoisotopic (exact) mass is 436 g/mol. The number of benzene rings is 2. The first-order chi connectivity index (χ1) is 15.0. The van der Waals surface area contributed by atoms with Crippen LogP contribution in [0.5, 0.6) is 11.5 Å². The van der Waals surface area contributed by atoms with Gasteiger partial charge in [-0.2, -0.15) is 0 Å². The predicted molar refractivity (Wildman–Crippen MR) is 123 cm³/mol. The van der Waals surface area contributed by atoms with Gasteiger partial charge in [0.15, 0.2) is 23.9 Å². The van der Waals surface area contributed by atoms with Crippen molar-refractivity contribution in [1.82, 2.24) is 4.98 Å². The molecule has 0 fully saturated rings. The number of carbonyl (C=O) groups is 2. The number of amides is 1. The number of para-hydroxylation sites is 1. The van der Waals surface area contributed by atoms with E-state index < -0.39 is 0 Å². The van der Waals surface area contributed by atoms with Crippen LogP contribution in [0.1, 0.15) is 32.9 Å². The smallest absolute Gasteiger partial charge is 0.262 e. The van der Waals surface area contributed by atoms with Crippen LogP contribution in [0.25, 0.3) is 6.08 Å². The number of hydrogen-bond acceptors (Lipinski definition) is 6. The number of aromatic nitrogens is 1. The first kappa shape index (κ1) is 22.2. The third-order valence-corrected chi connectivity index (χ3v) is 5.33. The van der Waals surface area contributed by atoms with Crippen molar-refractivity contribution in [3.05, 3.63) is 75.7 Å². The van der Waals surface area contributed by atoms with Crippen LogP contribution in [-0.4, -0.2) is 29.9 Å². The lowest BCUT2D eigenvalue weighted by Crippen LogP contribution is -2.20. The summed E-state index contributed by atoms with van der Waals surface area (Å²) in [6.07, 6.45) is 3.25. The summed E-state index contributed by atoms with van der Waals surface area (Å²) in [5, 5.41) is 3.64. The maximum atomic E-state index is 12.4. The van der Waals surface area contributed by atoms with Crippen molar-refractivity contribution in [2.75, 3.05) is 18.5 Å². The van der Waals surface area contributed by atoms with Crippen molar-refractivity contribution in [2.45, 2.75) is 20.8 Å². The summed E-state index contributed by atoms with van der Waals surface area (Å²) < 4.78 is 11.3. The molecule has 0 spiro atoms. The van der Waals surface area contributed by atoms with Gasteiger partial charge in [-0.05, 0) is 56.7 Å². The molecule has 0 aliphatic rings. The Morgan fingerprint density at radius 3 is 2.52 bits per heavy atom. The highest BCUT2D eigenvalue weighted by atomic mass is 32.1. The van der Waals surface area contributed by atoms with Crippen LogP contribution in [0, 0.1) is 13.8 Å². The molecular weight excluding hydrogens is 412 g/mol. The Bertz CT molecular complexity index is 1090. The van der Waals surface area contributed by atoms with Gasteiger partial charge in [0.25, 0.3) is 5.91 Å². The molecule has 0 bridgehead atoms. The molecule has 6 nitrogen and oxygen atoms in total. The lowest BCUT2D eigenvalue weighted by molar-refractivity contribution is -0.118. The van der Waals surface area contributed by atoms with E-state index in [4.69, 9.17) is 9.47 Å². The normalized spacial score (nSPS) is 10.8. The summed E-state index contributed by atoms with van der Waals surface area (Å²) in [4.78, 5) is 29.5. The minimum absolute atomic E-state index is 0.0843. The number of anilines is 1. The molecule has 1 N–H and O–H groups in total. The second-order valence-electron chi connectivity index (χ2n) is 6.69. The van der Waals surface area contributed by atoms with E-state index in [1.54, 1.807) is 30.3 Å². The van der Waals surface area contributed by atoms with Crippen LogP contribution < -0.4 is 14.8 Å². The van der Waals surface area contributed by atoms with Crippen molar-refractivity contribution in [2.24, 2.45) is 0 Å². The molecule has 0 aliphatic carbocycles. The van der Waals surface area contributed by atoms with Crippen molar-refractivity contribution in [1.29, 1.82) is 0 Å². The van der Waals surface area contributed by atoms with Crippen LogP contribution in [0.3, 0.4) is 0 Å². The van der Waals surface area contributed by atoms with Crippen LogP contribution in [0.15, 0.2) is 54.6 Å². The van der Waals surface area contributed by atoms with E-state index in [2.05, 4.69) is 10.3 Å². The lowest BCUT2D eigenvalue weighted by atomic mass is 10.1. The molecule has 3 aromatic rings. The first-order valence-electron chi connectivity index (χ1n) is 9.87. The van der Waals surface area contributed by atoms with Gasteiger partial charge in [-0.15, -0.1) is 11.3 Å². The molecule has 31 heavy (non-hydrogen) atoms. The number of hydrogen-bond donors (Lipinski definition) is 1. The maximum Gasteiger partial charge on any atom is 0.262 e. The largest absolute Gasteiger partial charge is 0.490 e. The molecule has 0 aliphatic heterocycles. The molecule has 1 amide bonds. The predicted octanol–water partition coefficient (Wildman–Crippen LogP) is 5.07. The van der Waals surface area contributed by atoms with Gasteiger partial charge in [0.05, 0.1) is 22.2 Å². The molecule has 0 atom stereocenters. The number of ether oxygens (including phenoxy) is 2. The number of nitrogens with one attached hydrogen (secondary N) is 1. The highest BCUT2D eigenvalue weighted by Crippen LogP contribution is 2.29. The Morgan fingerprint density at radius 2 is 1.84 bits per heavy atom. The van der Waals surface area contributed by atoms with Crippen molar-refractivity contribution in [3.8, 4) is 11.5 Å². The van der Waals surface area contributed by atoms with E-state index >= 15 is 0 Å². The van der Waals surface area contributed by atoms with Gasteiger partial charge < -0.3 is 14.8 Å². The lowest BCUT2D eigenvalue weighted by Gasteiger charge is -2.12. The second-order valence-corrected chi connectivity index (χ2v) is 7.89. The van der Waals surface area contributed by atoms with Crippen LogP contribution in [0.4, 0.5) is 5.69 Å². The number of ketones is 1. The Labute approximate surface area is 185 Å². The summed E-state index contributed by atoms with van der Waals surface area (Å²) in [6, 6.07) is 14.5. The van der Waals surface area contributed by atoms with E-state index in [1.165, 1.54) is 17.4 Å². The number of nitrogens with zero attached hydrogens (tertiary/aromatic N) is 1. The van der Waals surface area contributed by atoms with Crippen LogP contribution >= 0.6 is 11.3 Å². The molecule has 160 valence electrons. The van der Waals surface area contributed by atoms with Gasteiger partial charge in [0, 0.05) is 5.69 Å². The zero-order chi connectivity index (χ0) is 22.2. The summed E-state index contributed by atoms with van der Waals surface area (Å²) in [5.41, 5.74) is 2.24. The molecule has 7 heteroatoms. The van der Waals surface area contributed by atoms with E-state index in [0.29, 0.717) is 28.7 Å². The average molecular weight is 437 g/mol. The van der Waals surface area contributed by atoms with Gasteiger partial charge in [0.1, 0.15) is 0 Å². The fraction of sp³-hybridized carbons (Fsp3) is 0.208. The Balaban J connectivity index is 1.66. The minimum Gasteiger partial charge on any atom is -0.490 e. The van der Waals surface area contributed by atoms with Gasteiger partial charge in [0.2, 0.25) is 0 Å². The minimum atomic E-state index is -0.265. The molecule has 0 saturated heterocycles. The fourth-order valence-corrected chi connectivity index (χ4v) is 3.73. The third-order valence-electron chi connectivity index (χ3n) is 4.24. The maximum absolute atomic E-state index is 12.4. The van der Waals surface area contributed by atoms with Crippen molar-refractivity contribution in [3.63, 3.8) is 0 Å². The quantitative estimate of drug-likeness (QED) is 0.374. The third kappa shape index (κ3) is 6.26. The second kappa shape index (κ2) is 10.5. The number of carbonyl (C=O) groups excluding carboxylic acids is 2. The van der Waals surface area contributed by atoms with E-state index in [1.807, 2.05) is 45.0 Å². The van der Waals surface area contributed by atoms with Gasteiger partial charge in [-0.3, -0.25) is 9.59 Å². The van der Waals surface area contributed by atoms with Gasteiger partial charge in [-0.25, -0.2) is 4.98 Å². The summed E-state index contributed by atoms with van der Waals surface area (Å²) in [6.45, 7) is 5.88. The van der Waals surface area contributed by atoms with Gasteiger partial charge >= 0.3 is 0 Å². The summed E-state index contributed by atoms with van der Waals surface area (Å²) >= 11 is 1.39. The SMILES string of the molecule is CCOc1cc(C=CC(=O)c2sc(C)nc2C)ccc1OCC(=O)Nc1ccccc1.